The first-order valence-electron chi connectivity index (χ1n) is 5.77. The number of carbonyl (C=O) groups excluding carboxylic acids is 1. The van der Waals surface area contributed by atoms with Crippen molar-refractivity contribution in [3.05, 3.63) is 0 Å². The average molecular weight is 212 g/mol. The van der Waals surface area contributed by atoms with Gasteiger partial charge in [-0.25, -0.2) is 0 Å². The Hall–Kier alpha value is -0.610. The van der Waals surface area contributed by atoms with Crippen LogP contribution >= 0.6 is 0 Å². The van der Waals surface area contributed by atoms with E-state index in [4.69, 9.17) is 4.74 Å². The van der Waals surface area contributed by atoms with Crippen LogP contribution in [0.4, 0.5) is 0 Å². The fraction of sp³-hybridized carbons (Fsp3) is 0.909. The topological polar surface area (TPSA) is 41.6 Å². The van der Waals surface area contributed by atoms with Crippen LogP contribution in [0.25, 0.3) is 0 Å². The lowest BCUT2D eigenvalue weighted by Gasteiger charge is -2.18. The Labute approximate surface area is 91.0 Å². The van der Waals surface area contributed by atoms with E-state index >= 15 is 0 Å². The molecule has 15 heavy (non-hydrogen) atoms. The minimum absolute atomic E-state index is 0.137. The van der Waals surface area contributed by atoms with Crippen LogP contribution in [0.1, 0.15) is 13.8 Å². The van der Waals surface area contributed by atoms with E-state index in [2.05, 4.69) is 5.32 Å². The first-order valence-corrected chi connectivity index (χ1v) is 5.77. The summed E-state index contributed by atoms with van der Waals surface area (Å²) < 4.78 is 5.33. The van der Waals surface area contributed by atoms with Gasteiger partial charge < -0.3 is 15.0 Å². The summed E-state index contributed by atoms with van der Waals surface area (Å²) in [7, 11) is 0. The van der Waals surface area contributed by atoms with Crippen molar-refractivity contribution in [3.8, 4) is 0 Å². The van der Waals surface area contributed by atoms with Gasteiger partial charge in [-0.05, 0) is 25.7 Å². The van der Waals surface area contributed by atoms with Crippen LogP contribution in [0.2, 0.25) is 0 Å². The SMILES string of the molecule is CC(C)OCC(=O)N1C[C@H]2CNC[C@H]2C1. The number of carbonyl (C=O) groups is 1. The molecule has 2 saturated heterocycles. The predicted octanol–water partition coefficient (Wildman–Crippen LogP) is 0.0892. The molecule has 4 heteroatoms. The standard InChI is InChI=1S/C11H20N2O2/c1-8(2)15-7-11(14)13-5-9-3-12-4-10(9)6-13/h8-10,12H,3-7H2,1-2H3/t9-,10+. The van der Waals surface area contributed by atoms with Crippen LogP contribution in [-0.4, -0.2) is 49.7 Å². The molecular weight excluding hydrogens is 192 g/mol. The molecule has 2 heterocycles. The van der Waals surface area contributed by atoms with Gasteiger partial charge in [0.2, 0.25) is 5.91 Å². The zero-order valence-electron chi connectivity index (χ0n) is 9.53. The molecule has 0 aliphatic carbocycles. The van der Waals surface area contributed by atoms with Crippen molar-refractivity contribution < 1.29 is 9.53 Å². The van der Waals surface area contributed by atoms with Gasteiger partial charge in [-0.15, -0.1) is 0 Å². The lowest BCUT2D eigenvalue weighted by molar-refractivity contribution is -0.136. The Kier molecular flexibility index (Phi) is 3.26. The molecule has 0 spiro atoms. The largest absolute Gasteiger partial charge is 0.369 e. The van der Waals surface area contributed by atoms with Gasteiger partial charge in [-0.1, -0.05) is 0 Å². The number of hydrogen-bond donors (Lipinski definition) is 1. The second kappa shape index (κ2) is 4.49. The highest BCUT2D eigenvalue weighted by Crippen LogP contribution is 2.26. The van der Waals surface area contributed by atoms with Gasteiger partial charge in [0.05, 0.1) is 6.10 Å². The van der Waals surface area contributed by atoms with Gasteiger partial charge >= 0.3 is 0 Å². The van der Waals surface area contributed by atoms with Gasteiger partial charge in [0.15, 0.2) is 0 Å². The van der Waals surface area contributed by atoms with E-state index < -0.39 is 0 Å². The summed E-state index contributed by atoms with van der Waals surface area (Å²) in [5.41, 5.74) is 0. The van der Waals surface area contributed by atoms with E-state index in [9.17, 15) is 4.79 Å². The third kappa shape index (κ3) is 2.49. The Morgan fingerprint density at radius 2 is 2.00 bits per heavy atom. The fourth-order valence-electron chi connectivity index (χ4n) is 2.39. The first kappa shape index (κ1) is 10.9. The predicted molar refractivity (Wildman–Crippen MR) is 57.5 cm³/mol. The monoisotopic (exact) mass is 212 g/mol. The number of rotatable bonds is 3. The zero-order valence-corrected chi connectivity index (χ0v) is 9.53. The summed E-state index contributed by atoms with van der Waals surface area (Å²) >= 11 is 0. The van der Waals surface area contributed by atoms with Crippen molar-refractivity contribution in [2.24, 2.45) is 11.8 Å². The molecule has 0 aromatic rings. The van der Waals surface area contributed by atoms with E-state index in [0.717, 1.165) is 26.2 Å². The molecule has 86 valence electrons. The number of nitrogens with zero attached hydrogens (tertiary/aromatic N) is 1. The molecular formula is C11H20N2O2. The molecule has 1 N–H and O–H groups in total. The number of fused-ring (bicyclic) bond motifs is 1. The lowest BCUT2D eigenvalue weighted by atomic mass is 10.0. The van der Waals surface area contributed by atoms with Gasteiger partial charge in [0.1, 0.15) is 6.61 Å². The smallest absolute Gasteiger partial charge is 0.248 e. The summed E-state index contributed by atoms with van der Waals surface area (Å²) in [5.74, 6) is 1.50. The Bertz CT molecular complexity index is 231. The molecule has 2 aliphatic rings. The number of likely N-dealkylation sites (tertiary alicyclic amines) is 1. The van der Waals surface area contributed by atoms with E-state index in [1.165, 1.54) is 0 Å². The highest BCUT2D eigenvalue weighted by atomic mass is 16.5. The molecule has 2 atom stereocenters. The van der Waals surface area contributed by atoms with Crippen LogP contribution in [0.15, 0.2) is 0 Å². The van der Waals surface area contributed by atoms with Crippen molar-refractivity contribution in [3.63, 3.8) is 0 Å². The maximum atomic E-state index is 11.8. The van der Waals surface area contributed by atoms with Gasteiger partial charge in [-0.3, -0.25) is 4.79 Å². The van der Waals surface area contributed by atoms with Gasteiger partial charge in [0.25, 0.3) is 0 Å². The van der Waals surface area contributed by atoms with Crippen molar-refractivity contribution in [2.45, 2.75) is 20.0 Å². The van der Waals surface area contributed by atoms with E-state index in [1.54, 1.807) is 0 Å². The van der Waals surface area contributed by atoms with Crippen molar-refractivity contribution >= 4 is 5.91 Å². The molecule has 2 rings (SSSR count). The van der Waals surface area contributed by atoms with Gasteiger partial charge in [-0.2, -0.15) is 0 Å². The second-order valence-corrected chi connectivity index (χ2v) is 4.84. The van der Waals surface area contributed by atoms with E-state index in [1.807, 2.05) is 18.7 Å². The third-order valence-corrected chi connectivity index (χ3v) is 3.28. The molecule has 1 amide bonds. The molecule has 2 aliphatic heterocycles. The summed E-state index contributed by atoms with van der Waals surface area (Å²) in [4.78, 5) is 13.7. The molecule has 0 bridgehead atoms. The Balaban J connectivity index is 1.78. The molecule has 0 aromatic carbocycles. The highest BCUT2D eigenvalue weighted by molar-refractivity contribution is 5.77. The first-order chi connectivity index (χ1) is 7.16. The zero-order chi connectivity index (χ0) is 10.8. The summed E-state index contributed by atoms with van der Waals surface area (Å²) in [6.45, 7) is 8.12. The van der Waals surface area contributed by atoms with Crippen LogP contribution in [0.5, 0.6) is 0 Å². The number of amides is 1. The van der Waals surface area contributed by atoms with Crippen molar-refractivity contribution in [1.82, 2.24) is 10.2 Å². The normalized spacial score (nSPS) is 29.9. The molecule has 2 fully saturated rings. The summed E-state index contributed by atoms with van der Waals surface area (Å²) in [6.07, 6.45) is 0.137. The third-order valence-electron chi connectivity index (χ3n) is 3.28. The quantitative estimate of drug-likeness (QED) is 0.721. The summed E-state index contributed by atoms with van der Waals surface area (Å²) in [5, 5.41) is 3.36. The Morgan fingerprint density at radius 1 is 1.40 bits per heavy atom. The minimum atomic E-state index is 0.137. The molecule has 0 unspecified atom stereocenters. The molecule has 0 radical (unpaired) electrons. The highest BCUT2D eigenvalue weighted by Gasteiger charge is 2.37. The number of nitrogens with one attached hydrogen (secondary N) is 1. The average Bonchev–Trinajstić information content (AvgIpc) is 2.72. The second-order valence-electron chi connectivity index (χ2n) is 4.84. The van der Waals surface area contributed by atoms with E-state index in [0.29, 0.717) is 11.8 Å². The summed E-state index contributed by atoms with van der Waals surface area (Å²) in [6, 6.07) is 0. The Morgan fingerprint density at radius 3 is 2.53 bits per heavy atom. The fourth-order valence-corrected chi connectivity index (χ4v) is 2.39. The molecule has 0 aromatic heterocycles. The van der Waals surface area contributed by atoms with Crippen molar-refractivity contribution in [2.75, 3.05) is 32.8 Å². The molecule has 4 nitrogen and oxygen atoms in total. The van der Waals surface area contributed by atoms with Gasteiger partial charge in [0, 0.05) is 26.2 Å². The maximum absolute atomic E-state index is 11.8. The number of hydrogen-bond acceptors (Lipinski definition) is 3. The van der Waals surface area contributed by atoms with Crippen LogP contribution in [-0.2, 0) is 9.53 Å². The van der Waals surface area contributed by atoms with Crippen LogP contribution in [0.3, 0.4) is 0 Å². The minimum Gasteiger partial charge on any atom is -0.369 e. The van der Waals surface area contributed by atoms with Crippen LogP contribution < -0.4 is 5.32 Å². The van der Waals surface area contributed by atoms with E-state index in [-0.39, 0.29) is 18.6 Å². The molecule has 0 saturated carbocycles. The van der Waals surface area contributed by atoms with Crippen molar-refractivity contribution in [1.29, 1.82) is 0 Å². The lowest BCUT2D eigenvalue weighted by Crippen LogP contribution is -2.35. The maximum Gasteiger partial charge on any atom is 0.248 e. The van der Waals surface area contributed by atoms with Crippen LogP contribution in [0, 0.1) is 11.8 Å². The number of ether oxygens (including phenoxy) is 1.